The summed E-state index contributed by atoms with van der Waals surface area (Å²) >= 11 is 1.65. The number of ether oxygens (including phenoxy) is 1. The van der Waals surface area contributed by atoms with E-state index in [2.05, 4.69) is 10.2 Å². The second kappa shape index (κ2) is 9.23. The van der Waals surface area contributed by atoms with E-state index < -0.39 is 0 Å². The van der Waals surface area contributed by atoms with Gasteiger partial charge in [-0.2, -0.15) is 10.1 Å². The zero-order chi connectivity index (χ0) is 22.8. The summed E-state index contributed by atoms with van der Waals surface area (Å²) < 4.78 is 8.24. The molecule has 0 radical (unpaired) electrons. The Labute approximate surface area is 197 Å². The maximum absolute atomic E-state index is 12.8. The first kappa shape index (κ1) is 21.5. The molecule has 7 nitrogen and oxygen atoms in total. The van der Waals surface area contributed by atoms with Crippen LogP contribution >= 0.6 is 11.3 Å². The van der Waals surface area contributed by atoms with E-state index in [0.717, 1.165) is 57.6 Å². The predicted octanol–water partition coefficient (Wildman–Crippen LogP) is 4.33. The number of fused-ring (bicyclic) bond motifs is 1. The Morgan fingerprint density at radius 1 is 1.18 bits per heavy atom. The molecule has 3 heterocycles. The Kier molecular flexibility index (Phi) is 6.00. The van der Waals surface area contributed by atoms with E-state index in [4.69, 9.17) is 14.8 Å². The number of carbonyl (C=O) groups is 1. The first-order chi connectivity index (χ1) is 16.1. The average Bonchev–Trinajstić information content (AvgIpc) is 3.44. The van der Waals surface area contributed by atoms with Gasteiger partial charge in [0.2, 0.25) is 5.91 Å². The Bertz CT molecular complexity index is 1250. The third kappa shape index (κ3) is 4.43. The van der Waals surface area contributed by atoms with Gasteiger partial charge in [0.05, 0.1) is 29.1 Å². The molecule has 8 heteroatoms. The van der Waals surface area contributed by atoms with E-state index in [1.54, 1.807) is 18.4 Å². The molecule has 1 amide bonds. The number of thiazole rings is 1. The number of hydrogen-bond acceptors (Lipinski definition) is 6. The maximum Gasteiger partial charge on any atom is 0.225 e. The number of hydrogen-bond donors (Lipinski definition) is 1. The van der Waals surface area contributed by atoms with Crippen molar-refractivity contribution in [3.63, 3.8) is 0 Å². The van der Waals surface area contributed by atoms with E-state index in [-0.39, 0.29) is 11.8 Å². The van der Waals surface area contributed by atoms with E-state index in [1.165, 1.54) is 0 Å². The zero-order valence-corrected chi connectivity index (χ0v) is 19.6. The summed E-state index contributed by atoms with van der Waals surface area (Å²) in [5.41, 5.74) is 3.87. The molecule has 1 N–H and O–H groups in total. The highest BCUT2D eigenvalue weighted by molar-refractivity contribution is 7.22. The summed E-state index contributed by atoms with van der Waals surface area (Å²) in [5.74, 6) is 0.890. The SMILES string of the molecule is COc1ccc(-n2nc(C)c3sc(N4CCC[C@H](C(=O)NCc5ccccc5)C4)nc32)cc1. The van der Waals surface area contributed by atoms with Gasteiger partial charge in [0.25, 0.3) is 0 Å². The first-order valence-electron chi connectivity index (χ1n) is 11.2. The van der Waals surface area contributed by atoms with Crippen molar-refractivity contribution in [1.29, 1.82) is 0 Å². The van der Waals surface area contributed by atoms with Gasteiger partial charge in [0.15, 0.2) is 10.8 Å². The van der Waals surface area contributed by atoms with Crippen LogP contribution in [-0.2, 0) is 11.3 Å². The first-order valence-corrected chi connectivity index (χ1v) is 12.0. The molecule has 0 saturated carbocycles. The molecule has 2 aromatic heterocycles. The number of nitrogens with zero attached hydrogens (tertiary/aromatic N) is 4. The van der Waals surface area contributed by atoms with Crippen LogP contribution in [0.25, 0.3) is 16.0 Å². The fourth-order valence-electron chi connectivity index (χ4n) is 4.26. The van der Waals surface area contributed by atoms with Crippen LogP contribution in [0.2, 0.25) is 0 Å². The lowest BCUT2D eigenvalue weighted by Gasteiger charge is -2.31. The van der Waals surface area contributed by atoms with Crippen molar-refractivity contribution in [2.75, 3.05) is 25.1 Å². The zero-order valence-electron chi connectivity index (χ0n) is 18.8. The molecule has 1 aliphatic heterocycles. The van der Waals surface area contributed by atoms with Crippen LogP contribution in [0, 0.1) is 12.8 Å². The van der Waals surface area contributed by atoms with Gasteiger partial charge in [0.1, 0.15) is 5.75 Å². The van der Waals surface area contributed by atoms with E-state index in [0.29, 0.717) is 13.1 Å². The minimum absolute atomic E-state index is 0.0336. The lowest BCUT2D eigenvalue weighted by molar-refractivity contribution is -0.125. The summed E-state index contributed by atoms with van der Waals surface area (Å²) in [6.07, 6.45) is 1.88. The molecule has 33 heavy (non-hydrogen) atoms. The van der Waals surface area contributed by atoms with Crippen LogP contribution < -0.4 is 15.0 Å². The molecule has 1 saturated heterocycles. The molecule has 1 aliphatic rings. The Balaban J connectivity index is 1.32. The van der Waals surface area contributed by atoms with Gasteiger partial charge in [0, 0.05) is 19.6 Å². The van der Waals surface area contributed by atoms with Crippen LogP contribution in [0.15, 0.2) is 54.6 Å². The number of benzene rings is 2. The summed E-state index contributed by atoms with van der Waals surface area (Å²) in [6, 6.07) is 17.8. The number of anilines is 1. The third-order valence-electron chi connectivity index (χ3n) is 6.07. The van der Waals surface area contributed by atoms with Crippen LogP contribution in [-0.4, -0.2) is 40.9 Å². The number of carbonyl (C=O) groups excluding carboxylic acids is 1. The van der Waals surface area contributed by atoms with E-state index in [1.807, 2.05) is 66.2 Å². The topological polar surface area (TPSA) is 72.3 Å². The fourth-order valence-corrected chi connectivity index (χ4v) is 5.28. The molecule has 2 aromatic carbocycles. The summed E-state index contributed by atoms with van der Waals surface area (Å²) in [4.78, 5) is 20.0. The number of aromatic nitrogens is 3. The van der Waals surface area contributed by atoms with Gasteiger partial charge in [-0.3, -0.25) is 4.79 Å². The predicted molar refractivity (Wildman–Crippen MR) is 131 cm³/mol. The Hall–Kier alpha value is -3.39. The Morgan fingerprint density at radius 2 is 1.97 bits per heavy atom. The number of piperidine rings is 1. The monoisotopic (exact) mass is 461 g/mol. The van der Waals surface area contributed by atoms with Gasteiger partial charge in [-0.1, -0.05) is 41.7 Å². The smallest absolute Gasteiger partial charge is 0.225 e. The molecule has 170 valence electrons. The molecule has 5 rings (SSSR count). The van der Waals surface area contributed by atoms with Gasteiger partial charge in [-0.05, 0) is 49.6 Å². The van der Waals surface area contributed by atoms with Gasteiger partial charge in [-0.15, -0.1) is 0 Å². The molecule has 0 bridgehead atoms. The second-order valence-electron chi connectivity index (χ2n) is 8.33. The molecule has 0 unspecified atom stereocenters. The average molecular weight is 462 g/mol. The lowest BCUT2D eigenvalue weighted by atomic mass is 9.97. The van der Waals surface area contributed by atoms with Crippen molar-refractivity contribution in [2.24, 2.45) is 5.92 Å². The van der Waals surface area contributed by atoms with Crippen LogP contribution in [0.3, 0.4) is 0 Å². The van der Waals surface area contributed by atoms with E-state index in [9.17, 15) is 4.79 Å². The van der Waals surface area contributed by atoms with Crippen molar-refractivity contribution >= 4 is 32.7 Å². The highest BCUT2D eigenvalue weighted by Gasteiger charge is 2.28. The minimum Gasteiger partial charge on any atom is -0.497 e. The van der Waals surface area contributed by atoms with Gasteiger partial charge < -0.3 is 15.0 Å². The van der Waals surface area contributed by atoms with Gasteiger partial charge >= 0.3 is 0 Å². The van der Waals surface area contributed by atoms with Gasteiger partial charge in [-0.25, -0.2) is 4.68 Å². The molecule has 0 aliphatic carbocycles. The number of methoxy groups -OCH3 is 1. The number of rotatable bonds is 6. The quantitative estimate of drug-likeness (QED) is 0.463. The van der Waals surface area contributed by atoms with Crippen molar-refractivity contribution < 1.29 is 9.53 Å². The van der Waals surface area contributed by atoms with Crippen molar-refractivity contribution in [2.45, 2.75) is 26.3 Å². The standard InChI is InChI=1S/C25H27N5O2S/c1-17-22-23(30(28-17)20-10-12-21(32-2)13-11-20)27-25(33-22)29-14-6-9-19(16-29)24(31)26-15-18-7-4-3-5-8-18/h3-5,7-8,10-13,19H,6,9,14-16H2,1-2H3,(H,26,31)/t19-/m0/s1. The molecule has 1 atom stereocenters. The highest BCUT2D eigenvalue weighted by atomic mass is 32.1. The summed E-state index contributed by atoms with van der Waals surface area (Å²) in [6.45, 7) is 4.17. The molecule has 4 aromatic rings. The van der Waals surface area contributed by atoms with Crippen LogP contribution in [0.5, 0.6) is 5.75 Å². The molecular formula is C25H27N5O2S. The molecular weight excluding hydrogens is 434 g/mol. The number of nitrogens with one attached hydrogen (secondary N) is 1. The largest absolute Gasteiger partial charge is 0.497 e. The fraction of sp³-hybridized carbons (Fsp3) is 0.320. The van der Waals surface area contributed by atoms with Crippen molar-refractivity contribution in [1.82, 2.24) is 20.1 Å². The minimum atomic E-state index is -0.0336. The molecule has 0 spiro atoms. The third-order valence-corrected chi connectivity index (χ3v) is 7.28. The summed E-state index contributed by atoms with van der Waals surface area (Å²) in [7, 11) is 1.66. The van der Waals surface area contributed by atoms with Crippen molar-refractivity contribution in [3.8, 4) is 11.4 Å². The van der Waals surface area contributed by atoms with Crippen LogP contribution in [0.4, 0.5) is 5.13 Å². The Morgan fingerprint density at radius 3 is 2.73 bits per heavy atom. The van der Waals surface area contributed by atoms with Crippen molar-refractivity contribution in [3.05, 3.63) is 65.9 Å². The number of aryl methyl sites for hydroxylation is 1. The van der Waals surface area contributed by atoms with E-state index >= 15 is 0 Å². The second-order valence-corrected chi connectivity index (χ2v) is 9.31. The van der Waals surface area contributed by atoms with Crippen LogP contribution in [0.1, 0.15) is 24.1 Å². The number of amides is 1. The summed E-state index contributed by atoms with van der Waals surface area (Å²) in [5, 5.41) is 8.76. The lowest BCUT2D eigenvalue weighted by Crippen LogP contribution is -2.42. The molecule has 1 fully saturated rings. The maximum atomic E-state index is 12.8. The normalized spacial score (nSPS) is 16.2. The highest BCUT2D eigenvalue weighted by Crippen LogP contribution is 2.34.